The van der Waals surface area contributed by atoms with Crippen LogP contribution in [-0.4, -0.2) is 18.0 Å². The van der Waals surface area contributed by atoms with Crippen molar-refractivity contribution in [3.8, 4) is 16.3 Å². The minimum atomic E-state index is -0.359. The van der Waals surface area contributed by atoms with Gasteiger partial charge in [0.15, 0.2) is 0 Å². The second kappa shape index (κ2) is 7.80. The number of para-hydroxylation sites is 1. The lowest BCUT2D eigenvalue weighted by molar-refractivity contribution is 0.102. The number of methoxy groups -OCH3 is 1. The summed E-state index contributed by atoms with van der Waals surface area (Å²) in [6.45, 7) is 0. The zero-order valence-electron chi connectivity index (χ0n) is 14.7. The summed E-state index contributed by atoms with van der Waals surface area (Å²) in [7, 11) is 1.50. The maximum atomic E-state index is 12.8. The molecular formula is C21H14Cl2N2O2S. The number of benzene rings is 3. The molecule has 0 atom stereocenters. The molecule has 4 nitrogen and oxygen atoms in total. The molecule has 0 fully saturated rings. The number of anilines is 1. The molecule has 1 N–H and O–H groups in total. The van der Waals surface area contributed by atoms with Crippen LogP contribution in [0.4, 0.5) is 5.69 Å². The van der Waals surface area contributed by atoms with Crippen LogP contribution in [0.1, 0.15) is 10.4 Å². The maximum Gasteiger partial charge on any atom is 0.259 e. The third kappa shape index (κ3) is 3.69. The quantitative estimate of drug-likeness (QED) is 0.401. The fourth-order valence-corrected chi connectivity index (χ4v) is 4.10. The maximum absolute atomic E-state index is 12.8. The number of fused-ring (bicyclic) bond motifs is 1. The van der Waals surface area contributed by atoms with Crippen LogP contribution in [0.25, 0.3) is 20.8 Å². The fraction of sp³-hybridized carbons (Fsp3) is 0.0476. The molecule has 0 aliphatic carbocycles. The van der Waals surface area contributed by atoms with E-state index in [1.54, 1.807) is 35.6 Å². The molecule has 0 spiro atoms. The van der Waals surface area contributed by atoms with Crippen LogP contribution in [0, 0.1) is 0 Å². The largest absolute Gasteiger partial charge is 0.496 e. The number of carbonyl (C=O) groups is 1. The molecule has 0 aliphatic rings. The highest BCUT2D eigenvalue weighted by Crippen LogP contribution is 2.34. The van der Waals surface area contributed by atoms with Gasteiger partial charge in [-0.3, -0.25) is 4.79 Å². The number of carbonyl (C=O) groups excluding carboxylic acids is 1. The van der Waals surface area contributed by atoms with Crippen molar-refractivity contribution in [1.82, 2.24) is 4.98 Å². The molecular weight excluding hydrogens is 415 g/mol. The number of hydrogen-bond donors (Lipinski definition) is 1. The van der Waals surface area contributed by atoms with Gasteiger partial charge in [-0.05, 0) is 42.5 Å². The van der Waals surface area contributed by atoms with E-state index in [4.69, 9.17) is 27.9 Å². The number of halogens is 2. The third-order valence-electron chi connectivity index (χ3n) is 4.16. The molecule has 4 rings (SSSR count). The standard InChI is InChI=1S/C21H14Cl2N2O2S/c1-27-18-9-7-13(22)11-14(18)20(26)24-17-10-12(6-8-15(17)23)21-25-16-4-2-3-5-19(16)28-21/h2-11H,1H3,(H,24,26). The molecule has 0 bridgehead atoms. The Kier molecular flexibility index (Phi) is 5.22. The Morgan fingerprint density at radius 1 is 1.07 bits per heavy atom. The van der Waals surface area contributed by atoms with Gasteiger partial charge in [0, 0.05) is 10.6 Å². The molecule has 4 aromatic rings. The first-order valence-corrected chi connectivity index (χ1v) is 9.93. The van der Waals surface area contributed by atoms with E-state index in [1.807, 2.05) is 36.4 Å². The third-order valence-corrected chi connectivity index (χ3v) is 5.81. The molecule has 1 aromatic heterocycles. The lowest BCUT2D eigenvalue weighted by Gasteiger charge is -2.11. The molecule has 140 valence electrons. The van der Waals surface area contributed by atoms with Crippen molar-refractivity contribution in [3.63, 3.8) is 0 Å². The summed E-state index contributed by atoms with van der Waals surface area (Å²) < 4.78 is 6.35. The molecule has 0 radical (unpaired) electrons. The monoisotopic (exact) mass is 428 g/mol. The molecule has 28 heavy (non-hydrogen) atoms. The Morgan fingerprint density at radius 3 is 2.68 bits per heavy atom. The summed E-state index contributed by atoms with van der Waals surface area (Å²) in [5.74, 6) is 0.0723. The van der Waals surface area contributed by atoms with Crippen LogP contribution in [-0.2, 0) is 0 Å². The van der Waals surface area contributed by atoms with E-state index in [2.05, 4.69) is 10.3 Å². The van der Waals surface area contributed by atoms with Crippen LogP contribution in [0.5, 0.6) is 5.75 Å². The summed E-state index contributed by atoms with van der Waals surface area (Å²) >= 11 is 13.9. The SMILES string of the molecule is COc1ccc(Cl)cc1C(=O)Nc1cc(-c2nc3ccccc3s2)ccc1Cl. The number of ether oxygens (including phenoxy) is 1. The average molecular weight is 429 g/mol. The van der Waals surface area contributed by atoms with Gasteiger partial charge in [-0.2, -0.15) is 0 Å². The van der Waals surface area contributed by atoms with E-state index < -0.39 is 0 Å². The van der Waals surface area contributed by atoms with E-state index in [-0.39, 0.29) is 5.91 Å². The van der Waals surface area contributed by atoms with E-state index in [1.165, 1.54) is 7.11 Å². The van der Waals surface area contributed by atoms with Crippen LogP contribution >= 0.6 is 34.5 Å². The van der Waals surface area contributed by atoms with Gasteiger partial charge in [0.1, 0.15) is 10.8 Å². The Morgan fingerprint density at radius 2 is 1.89 bits per heavy atom. The molecule has 0 aliphatic heterocycles. The molecule has 0 unspecified atom stereocenters. The zero-order chi connectivity index (χ0) is 19.7. The predicted octanol–water partition coefficient (Wildman–Crippen LogP) is 6.53. The van der Waals surface area contributed by atoms with Crippen LogP contribution in [0.3, 0.4) is 0 Å². The number of aromatic nitrogens is 1. The van der Waals surface area contributed by atoms with E-state index >= 15 is 0 Å². The van der Waals surface area contributed by atoms with Crippen molar-refractivity contribution in [1.29, 1.82) is 0 Å². The van der Waals surface area contributed by atoms with Crippen LogP contribution < -0.4 is 10.1 Å². The highest BCUT2D eigenvalue weighted by atomic mass is 35.5. The number of rotatable bonds is 4. The van der Waals surface area contributed by atoms with Crippen molar-refractivity contribution in [2.75, 3.05) is 12.4 Å². The highest BCUT2D eigenvalue weighted by molar-refractivity contribution is 7.21. The Balaban J connectivity index is 1.68. The second-order valence-electron chi connectivity index (χ2n) is 5.98. The van der Waals surface area contributed by atoms with Gasteiger partial charge in [0.25, 0.3) is 5.91 Å². The van der Waals surface area contributed by atoms with Crippen molar-refractivity contribution in [2.45, 2.75) is 0 Å². The van der Waals surface area contributed by atoms with Gasteiger partial charge in [0.05, 0.1) is 33.6 Å². The summed E-state index contributed by atoms with van der Waals surface area (Å²) in [5, 5.41) is 4.57. The summed E-state index contributed by atoms with van der Waals surface area (Å²) in [5.41, 5.74) is 2.63. The summed E-state index contributed by atoms with van der Waals surface area (Å²) in [6.07, 6.45) is 0. The van der Waals surface area contributed by atoms with Gasteiger partial charge in [-0.15, -0.1) is 11.3 Å². The average Bonchev–Trinajstić information content (AvgIpc) is 3.13. The normalized spacial score (nSPS) is 10.8. The van der Waals surface area contributed by atoms with Crippen molar-refractivity contribution in [2.24, 2.45) is 0 Å². The highest BCUT2D eigenvalue weighted by Gasteiger charge is 2.16. The Labute approximate surface area is 175 Å². The van der Waals surface area contributed by atoms with Crippen molar-refractivity contribution >= 4 is 56.3 Å². The fourth-order valence-electron chi connectivity index (χ4n) is 2.80. The molecule has 1 amide bonds. The molecule has 0 saturated heterocycles. The first-order valence-electron chi connectivity index (χ1n) is 8.35. The molecule has 0 saturated carbocycles. The topological polar surface area (TPSA) is 51.2 Å². The first kappa shape index (κ1) is 18.7. The predicted molar refractivity (Wildman–Crippen MR) is 116 cm³/mol. The molecule has 7 heteroatoms. The van der Waals surface area contributed by atoms with E-state index in [0.717, 1.165) is 20.8 Å². The van der Waals surface area contributed by atoms with Crippen LogP contribution in [0.2, 0.25) is 10.0 Å². The Bertz CT molecular complexity index is 1160. The minimum absolute atomic E-state index is 0.330. The van der Waals surface area contributed by atoms with Gasteiger partial charge < -0.3 is 10.1 Å². The summed E-state index contributed by atoms with van der Waals surface area (Å²) in [6, 6.07) is 18.3. The number of hydrogen-bond acceptors (Lipinski definition) is 4. The van der Waals surface area contributed by atoms with Crippen molar-refractivity contribution < 1.29 is 9.53 Å². The van der Waals surface area contributed by atoms with Crippen LogP contribution in [0.15, 0.2) is 60.7 Å². The minimum Gasteiger partial charge on any atom is -0.496 e. The number of thiazole rings is 1. The van der Waals surface area contributed by atoms with Gasteiger partial charge in [-0.1, -0.05) is 41.4 Å². The van der Waals surface area contributed by atoms with E-state index in [0.29, 0.717) is 27.0 Å². The summed E-state index contributed by atoms with van der Waals surface area (Å²) in [4.78, 5) is 17.4. The first-order chi connectivity index (χ1) is 13.5. The number of nitrogens with one attached hydrogen (secondary N) is 1. The van der Waals surface area contributed by atoms with E-state index in [9.17, 15) is 4.79 Å². The van der Waals surface area contributed by atoms with Gasteiger partial charge in [0.2, 0.25) is 0 Å². The lowest BCUT2D eigenvalue weighted by atomic mass is 10.1. The van der Waals surface area contributed by atoms with Crippen molar-refractivity contribution in [3.05, 3.63) is 76.3 Å². The number of nitrogens with zero attached hydrogens (tertiary/aromatic N) is 1. The Hall–Kier alpha value is -2.60. The molecule has 3 aromatic carbocycles. The zero-order valence-corrected chi connectivity index (χ0v) is 17.0. The number of amides is 1. The molecule has 1 heterocycles. The second-order valence-corrected chi connectivity index (χ2v) is 7.85. The lowest BCUT2D eigenvalue weighted by Crippen LogP contribution is -2.13. The van der Waals surface area contributed by atoms with Gasteiger partial charge in [-0.25, -0.2) is 4.98 Å². The smallest absolute Gasteiger partial charge is 0.259 e. The van der Waals surface area contributed by atoms with Gasteiger partial charge >= 0.3 is 0 Å².